The van der Waals surface area contributed by atoms with Crippen molar-refractivity contribution in [1.82, 2.24) is 4.90 Å². The Balaban J connectivity index is 0.00000144. The quantitative estimate of drug-likeness (QED) is 0.847. The van der Waals surface area contributed by atoms with Crippen LogP contribution in [0.15, 0.2) is 0 Å². The Morgan fingerprint density at radius 1 is 1.35 bits per heavy atom. The molecule has 4 heteroatoms. The Labute approximate surface area is 111 Å². The summed E-state index contributed by atoms with van der Waals surface area (Å²) in [5, 5.41) is 0. The van der Waals surface area contributed by atoms with Crippen molar-refractivity contribution in [3.05, 3.63) is 0 Å². The van der Waals surface area contributed by atoms with Crippen molar-refractivity contribution in [2.45, 2.75) is 64.0 Å². The SMILES string of the molecule is CCCC(N)C(=O)N1CCCC2CCCC21.Cl. The summed E-state index contributed by atoms with van der Waals surface area (Å²) in [4.78, 5) is 14.3. The Hall–Kier alpha value is -0.280. The van der Waals surface area contributed by atoms with E-state index in [1.54, 1.807) is 0 Å². The van der Waals surface area contributed by atoms with Gasteiger partial charge in [-0.05, 0) is 38.0 Å². The predicted molar refractivity (Wildman–Crippen MR) is 72.2 cm³/mol. The summed E-state index contributed by atoms with van der Waals surface area (Å²) < 4.78 is 0. The third-order valence-corrected chi connectivity index (χ3v) is 4.19. The average Bonchev–Trinajstić information content (AvgIpc) is 2.76. The van der Waals surface area contributed by atoms with Crippen LogP contribution in [0.1, 0.15) is 51.9 Å². The number of carbonyl (C=O) groups is 1. The topological polar surface area (TPSA) is 46.3 Å². The Morgan fingerprint density at radius 3 is 2.76 bits per heavy atom. The summed E-state index contributed by atoms with van der Waals surface area (Å²) in [6.45, 7) is 3.03. The summed E-state index contributed by atoms with van der Waals surface area (Å²) in [7, 11) is 0. The normalized spacial score (nSPS) is 29.4. The Bertz CT molecular complexity index is 260. The van der Waals surface area contributed by atoms with E-state index in [9.17, 15) is 4.79 Å². The molecule has 0 bridgehead atoms. The highest BCUT2D eigenvalue weighted by Gasteiger charge is 2.38. The molecule has 0 aromatic rings. The highest BCUT2D eigenvalue weighted by Crippen LogP contribution is 2.36. The number of nitrogens with two attached hydrogens (primary N) is 1. The number of halogens is 1. The zero-order chi connectivity index (χ0) is 11.5. The molecular formula is C13H25ClN2O. The molecule has 2 fully saturated rings. The summed E-state index contributed by atoms with van der Waals surface area (Å²) in [6, 6.07) is 0.258. The predicted octanol–water partition coefficient (Wildman–Crippen LogP) is 2.33. The van der Waals surface area contributed by atoms with E-state index in [-0.39, 0.29) is 24.4 Å². The molecular weight excluding hydrogens is 236 g/mol. The molecule has 1 amide bonds. The number of piperidine rings is 1. The van der Waals surface area contributed by atoms with Gasteiger partial charge in [0.15, 0.2) is 0 Å². The van der Waals surface area contributed by atoms with Crippen LogP contribution in [0.3, 0.4) is 0 Å². The van der Waals surface area contributed by atoms with Crippen LogP contribution in [-0.4, -0.2) is 29.4 Å². The van der Waals surface area contributed by atoms with Crippen LogP contribution in [0, 0.1) is 5.92 Å². The lowest BCUT2D eigenvalue weighted by molar-refractivity contribution is -0.137. The average molecular weight is 261 g/mol. The minimum Gasteiger partial charge on any atom is -0.338 e. The van der Waals surface area contributed by atoms with Gasteiger partial charge in [-0.1, -0.05) is 19.8 Å². The van der Waals surface area contributed by atoms with E-state index in [0.717, 1.165) is 25.3 Å². The lowest BCUT2D eigenvalue weighted by atomic mass is 9.91. The van der Waals surface area contributed by atoms with Crippen molar-refractivity contribution in [1.29, 1.82) is 0 Å². The molecule has 2 N–H and O–H groups in total. The molecule has 1 heterocycles. The molecule has 1 aliphatic heterocycles. The van der Waals surface area contributed by atoms with Gasteiger partial charge in [-0.2, -0.15) is 0 Å². The van der Waals surface area contributed by atoms with Crippen LogP contribution in [-0.2, 0) is 4.79 Å². The lowest BCUT2D eigenvalue weighted by Gasteiger charge is -2.39. The molecule has 3 nitrogen and oxygen atoms in total. The minimum absolute atomic E-state index is 0. The van der Waals surface area contributed by atoms with Gasteiger partial charge in [-0.3, -0.25) is 4.79 Å². The van der Waals surface area contributed by atoms with Gasteiger partial charge in [-0.15, -0.1) is 12.4 Å². The molecule has 1 saturated carbocycles. The maximum absolute atomic E-state index is 12.2. The number of likely N-dealkylation sites (tertiary alicyclic amines) is 1. The summed E-state index contributed by atoms with van der Waals surface area (Å²) in [6.07, 6.45) is 8.12. The molecule has 100 valence electrons. The van der Waals surface area contributed by atoms with E-state index in [4.69, 9.17) is 5.73 Å². The molecule has 0 spiro atoms. The van der Waals surface area contributed by atoms with Crippen LogP contribution in [0.25, 0.3) is 0 Å². The minimum atomic E-state index is -0.260. The van der Waals surface area contributed by atoms with E-state index < -0.39 is 0 Å². The van der Waals surface area contributed by atoms with Crippen LogP contribution in [0.2, 0.25) is 0 Å². The zero-order valence-corrected chi connectivity index (χ0v) is 11.5. The third-order valence-electron chi connectivity index (χ3n) is 4.19. The second-order valence-corrected chi connectivity index (χ2v) is 5.33. The standard InChI is InChI=1S/C13H24N2O.ClH/c1-2-5-11(14)13(16)15-9-4-7-10-6-3-8-12(10)15;/h10-12H,2-9,14H2,1H3;1H. The Morgan fingerprint density at radius 2 is 2.06 bits per heavy atom. The van der Waals surface area contributed by atoms with Gasteiger partial charge in [0.2, 0.25) is 5.91 Å². The molecule has 0 aromatic carbocycles. The second-order valence-electron chi connectivity index (χ2n) is 5.33. The van der Waals surface area contributed by atoms with Gasteiger partial charge in [0.25, 0.3) is 0 Å². The molecule has 0 aromatic heterocycles. The Kier molecular flexibility index (Phi) is 5.74. The number of hydrogen-bond acceptors (Lipinski definition) is 2. The molecule has 3 atom stereocenters. The molecule has 17 heavy (non-hydrogen) atoms. The number of carbonyl (C=O) groups excluding carboxylic acids is 1. The monoisotopic (exact) mass is 260 g/mol. The first-order valence-electron chi connectivity index (χ1n) is 6.80. The number of rotatable bonds is 3. The van der Waals surface area contributed by atoms with Crippen molar-refractivity contribution in [3.8, 4) is 0 Å². The molecule has 0 radical (unpaired) electrons. The van der Waals surface area contributed by atoms with Crippen LogP contribution in [0.5, 0.6) is 0 Å². The fourth-order valence-electron chi connectivity index (χ4n) is 3.38. The molecule has 3 unspecified atom stereocenters. The number of amides is 1. The first-order valence-corrected chi connectivity index (χ1v) is 6.80. The summed E-state index contributed by atoms with van der Waals surface area (Å²) >= 11 is 0. The largest absolute Gasteiger partial charge is 0.338 e. The first-order chi connectivity index (χ1) is 7.74. The second kappa shape index (κ2) is 6.60. The van der Waals surface area contributed by atoms with Gasteiger partial charge in [0.1, 0.15) is 0 Å². The fraction of sp³-hybridized carbons (Fsp3) is 0.923. The third kappa shape index (κ3) is 3.14. The van der Waals surface area contributed by atoms with Gasteiger partial charge in [0, 0.05) is 12.6 Å². The number of nitrogens with zero attached hydrogens (tertiary/aromatic N) is 1. The molecule has 2 rings (SSSR count). The van der Waals surface area contributed by atoms with E-state index in [0.29, 0.717) is 6.04 Å². The zero-order valence-electron chi connectivity index (χ0n) is 10.7. The molecule has 1 aliphatic carbocycles. The molecule has 1 saturated heterocycles. The summed E-state index contributed by atoms with van der Waals surface area (Å²) in [5.41, 5.74) is 5.95. The van der Waals surface area contributed by atoms with Gasteiger partial charge < -0.3 is 10.6 Å². The number of hydrogen-bond donors (Lipinski definition) is 1. The van der Waals surface area contributed by atoms with Crippen molar-refractivity contribution in [3.63, 3.8) is 0 Å². The lowest BCUT2D eigenvalue weighted by Crippen LogP contribution is -2.52. The van der Waals surface area contributed by atoms with E-state index >= 15 is 0 Å². The summed E-state index contributed by atoms with van der Waals surface area (Å²) in [5.74, 6) is 0.977. The van der Waals surface area contributed by atoms with E-state index in [1.807, 2.05) is 0 Å². The maximum Gasteiger partial charge on any atom is 0.239 e. The molecule has 2 aliphatic rings. The highest BCUT2D eigenvalue weighted by atomic mass is 35.5. The van der Waals surface area contributed by atoms with Crippen LogP contribution >= 0.6 is 12.4 Å². The van der Waals surface area contributed by atoms with Crippen molar-refractivity contribution < 1.29 is 4.79 Å². The van der Waals surface area contributed by atoms with Gasteiger partial charge in [-0.25, -0.2) is 0 Å². The van der Waals surface area contributed by atoms with Crippen molar-refractivity contribution in [2.75, 3.05) is 6.54 Å². The van der Waals surface area contributed by atoms with E-state index in [2.05, 4.69) is 11.8 Å². The van der Waals surface area contributed by atoms with Crippen LogP contribution in [0.4, 0.5) is 0 Å². The van der Waals surface area contributed by atoms with Gasteiger partial charge in [0.05, 0.1) is 6.04 Å². The fourth-order valence-corrected chi connectivity index (χ4v) is 3.38. The van der Waals surface area contributed by atoms with Crippen molar-refractivity contribution >= 4 is 18.3 Å². The van der Waals surface area contributed by atoms with E-state index in [1.165, 1.54) is 32.1 Å². The number of fused-ring (bicyclic) bond motifs is 1. The highest BCUT2D eigenvalue weighted by molar-refractivity contribution is 5.85. The van der Waals surface area contributed by atoms with Crippen LogP contribution < -0.4 is 5.73 Å². The first kappa shape index (κ1) is 14.8. The maximum atomic E-state index is 12.2. The van der Waals surface area contributed by atoms with Gasteiger partial charge >= 0.3 is 0 Å². The van der Waals surface area contributed by atoms with Crippen molar-refractivity contribution in [2.24, 2.45) is 11.7 Å². The smallest absolute Gasteiger partial charge is 0.239 e.